The average molecular weight is 260 g/mol. The number of nitrogens with one attached hydrogen (secondary N) is 2. The molecule has 0 atom stereocenters. The van der Waals surface area contributed by atoms with Gasteiger partial charge in [-0.2, -0.15) is 20.5 Å². The smallest absolute Gasteiger partial charge is 0.278 e. The van der Waals surface area contributed by atoms with Crippen LogP contribution in [0.4, 0.5) is 5.69 Å². The maximum Gasteiger partial charge on any atom is 0.278 e. The number of aryl methyl sites for hydroxylation is 1. The van der Waals surface area contributed by atoms with Gasteiger partial charge in [-0.05, 0) is 26.7 Å². The van der Waals surface area contributed by atoms with Crippen LogP contribution >= 0.6 is 0 Å². The van der Waals surface area contributed by atoms with E-state index in [1.54, 1.807) is 6.20 Å². The summed E-state index contributed by atoms with van der Waals surface area (Å²) in [6, 6.07) is 0. The summed E-state index contributed by atoms with van der Waals surface area (Å²) in [7, 11) is 0. The number of carbonyl (C=O) groups excluding carboxylic acids is 1. The van der Waals surface area contributed by atoms with Gasteiger partial charge in [0.05, 0.1) is 23.3 Å². The summed E-state index contributed by atoms with van der Waals surface area (Å²) in [5.41, 5.74) is 2.83. The highest BCUT2D eigenvalue weighted by molar-refractivity contribution is 6.03. The molecule has 0 radical (unpaired) electrons. The Morgan fingerprint density at radius 1 is 1.53 bits per heavy atom. The number of aromatic nitrogens is 5. The zero-order chi connectivity index (χ0) is 13.4. The van der Waals surface area contributed by atoms with Gasteiger partial charge in [-0.1, -0.05) is 0 Å². The van der Waals surface area contributed by atoms with Crippen molar-refractivity contribution in [2.75, 3.05) is 5.32 Å². The Kier molecular flexibility index (Phi) is 2.81. The van der Waals surface area contributed by atoms with E-state index in [1.165, 1.54) is 0 Å². The molecule has 2 heterocycles. The second-order valence-electron chi connectivity index (χ2n) is 4.75. The summed E-state index contributed by atoms with van der Waals surface area (Å²) < 4.78 is 1.83. The van der Waals surface area contributed by atoms with Crippen molar-refractivity contribution in [3.05, 3.63) is 23.3 Å². The molecule has 1 amide bonds. The molecule has 0 aliphatic heterocycles. The lowest BCUT2D eigenvalue weighted by molar-refractivity contribution is 0.102. The van der Waals surface area contributed by atoms with E-state index in [1.807, 2.05) is 18.5 Å². The lowest BCUT2D eigenvalue weighted by Gasteiger charge is -2.04. The molecular formula is C12H16N6O. The van der Waals surface area contributed by atoms with Gasteiger partial charge in [0.25, 0.3) is 5.91 Å². The van der Waals surface area contributed by atoms with Crippen molar-refractivity contribution in [3.8, 4) is 0 Å². The Bertz CT molecular complexity index is 610. The highest BCUT2D eigenvalue weighted by Gasteiger charge is 2.32. The van der Waals surface area contributed by atoms with E-state index in [0.717, 1.165) is 36.5 Å². The molecule has 1 aliphatic carbocycles. The van der Waals surface area contributed by atoms with Crippen LogP contribution in [-0.2, 0) is 6.54 Å². The minimum absolute atomic E-state index is 0.227. The zero-order valence-electron chi connectivity index (χ0n) is 11.0. The van der Waals surface area contributed by atoms with E-state index < -0.39 is 0 Å². The van der Waals surface area contributed by atoms with Gasteiger partial charge in [-0.3, -0.25) is 9.48 Å². The van der Waals surface area contributed by atoms with Crippen molar-refractivity contribution in [3.63, 3.8) is 0 Å². The Morgan fingerprint density at radius 3 is 2.95 bits per heavy atom. The summed E-state index contributed by atoms with van der Waals surface area (Å²) in [6.07, 6.45) is 3.83. The first-order chi connectivity index (χ1) is 9.20. The van der Waals surface area contributed by atoms with Crippen LogP contribution in [0.25, 0.3) is 0 Å². The molecule has 0 unspecified atom stereocenters. The van der Waals surface area contributed by atoms with Crippen LogP contribution in [0.3, 0.4) is 0 Å². The molecule has 1 fully saturated rings. The third-order valence-electron chi connectivity index (χ3n) is 3.40. The Balaban J connectivity index is 1.80. The first kappa shape index (κ1) is 11.9. The molecule has 19 heavy (non-hydrogen) atoms. The van der Waals surface area contributed by atoms with Crippen LogP contribution in [0.2, 0.25) is 0 Å². The SMILES string of the molecule is CCn1ncc(NC(=O)c2n[nH]nc2C2CC2)c1C. The fourth-order valence-electron chi connectivity index (χ4n) is 2.12. The molecule has 2 N–H and O–H groups in total. The number of aromatic amines is 1. The molecular weight excluding hydrogens is 244 g/mol. The normalized spacial score (nSPS) is 14.6. The first-order valence-corrected chi connectivity index (χ1v) is 6.45. The van der Waals surface area contributed by atoms with Gasteiger partial charge in [0.2, 0.25) is 0 Å². The molecule has 0 bridgehead atoms. The molecule has 1 aliphatic rings. The van der Waals surface area contributed by atoms with Gasteiger partial charge in [0, 0.05) is 12.5 Å². The zero-order valence-corrected chi connectivity index (χ0v) is 11.0. The maximum absolute atomic E-state index is 12.2. The molecule has 0 spiro atoms. The highest BCUT2D eigenvalue weighted by atomic mass is 16.2. The van der Waals surface area contributed by atoms with Crippen LogP contribution < -0.4 is 5.32 Å². The third-order valence-corrected chi connectivity index (χ3v) is 3.40. The molecule has 3 rings (SSSR count). The summed E-state index contributed by atoms with van der Waals surface area (Å²) >= 11 is 0. The van der Waals surface area contributed by atoms with E-state index in [4.69, 9.17) is 0 Å². The second kappa shape index (κ2) is 4.49. The van der Waals surface area contributed by atoms with Gasteiger partial charge < -0.3 is 5.32 Å². The number of anilines is 1. The van der Waals surface area contributed by atoms with Crippen molar-refractivity contribution < 1.29 is 4.79 Å². The number of hydrogen-bond donors (Lipinski definition) is 2. The van der Waals surface area contributed by atoms with Crippen molar-refractivity contribution in [1.82, 2.24) is 25.2 Å². The Morgan fingerprint density at radius 2 is 2.32 bits per heavy atom. The fraction of sp³-hybridized carbons (Fsp3) is 0.500. The van der Waals surface area contributed by atoms with E-state index >= 15 is 0 Å². The van der Waals surface area contributed by atoms with Crippen molar-refractivity contribution in [2.45, 2.75) is 39.2 Å². The summed E-state index contributed by atoms with van der Waals surface area (Å²) in [6.45, 7) is 4.71. The molecule has 7 heteroatoms. The topological polar surface area (TPSA) is 88.5 Å². The Hall–Kier alpha value is -2.18. The maximum atomic E-state index is 12.2. The van der Waals surface area contributed by atoms with Crippen LogP contribution in [0, 0.1) is 6.92 Å². The van der Waals surface area contributed by atoms with E-state index in [0.29, 0.717) is 11.6 Å². The largest absolute Gasteiger partial charge is 0.318 e. The fourth-order valence-corrected chi connectivity index (χ4v) is 2.12. The minimum Gasteiger partial charge on any atom is -0.318 e. The number of nitrogens with zero attached hydrogens (tertiary/aromatic N) is 4. The van der Waals surface area contributed by atoms with Gasteiger partial charge in [0.1, 0.15) is 0 Å². The number of carbonyl (C=O) groups is 1. The summed E-state index contributed by atoms with van der Waals surface area (Å²) in [5.74, 6) is 0.161. The number of amides is 1. The summed E-state index contributed by atoms with van der Waals surface area (Å²) in [4.78, 5) is 12.2. The monoisotopic (exact) mass is 260 g/mol. The Labute approximate surface area is 110 Å². The van der Waals surface area contributed by atoms with Crippen LogP contribution in [0.1, 0.15) is 47.6 Å². The van der Waals surface area contributed by atoms with Crippen LogP contribution in [0.15, 0.2) is 6.20 Å². The van der Waals surface area contributed by atoms with Gasteiger partial charge in [-0.15, -0.1) is 0 Å². The van der Waals surface area contributed by atoms with Gasteiger partial charge in [-0.25, -0.2) is 0 Å². The second-order valence-corrected chi connectivity index (χ2v) is 4.75. The molecule has 2 aromatic rings. The first-order valence-electron chi connectivity index (χ1n) is 6.45. The van der Waals surface area contributed by atoms with Crippen LogP contribution in [-0.4, -0.2) is 31.1 Å². The van der Waals surface area contributed by atoms with Crippen molar-refractivity contribution >= 4 is 11.6 Å². The van der Waals surface area contributed by atoms with Crippen LogP contribution in [0.5, 0.6) is 0 Å². The third kappa shape index (κ3) is 2.11. The van der Waals surface area contributed by atoms with E-state index in [2.05, 4.69) is 25.8 Å². The van der Waals surface area contributed by atoms with Crippen molar-refractivity contribution in [1.29, 1.82) is 0 Å². The number of H-pyrrole nitrogens is 1. The lowest BCUT2D eigenvalue weighted by atomic mass is 10.2. The lowest BCUT2D eigenvalue weighted by Crippen LogP contribution is -2.15. The van der Waals surface area contributed by atoms with Crippen molar-refractivity contribution in [2.24, 2.45) is 0 Å². The van der Waals surface area contributed by atoms with E-state index in [-0.39, 0.29) is 5.91 Å². The minimum atomic E-state index is -0.227. The predicted octanol–water partition coefficient (Wildman–Crippen LogP) is 1.46. The molecule has 2 aromatic heterocycles. The summed E-state index contributed by atoms with van der Waals surface area (Å²) in [5, 5.41) is 17.6. The quantitative estimate of drug-likeness (QED) is 0.871. The van der Waals surface area contributed by atoms with E-state index in [9.17, 15) is 4.79 Å². The van der Waals surface area contributed by atoms with Gasteiger partial charge >= 0.3 is 0 Å². The number of rotatable bonds is 4. The molecule has 7 nitrogen and oxygen atoms in total. The molecule has 100 valence electrons. The predicted molar refractivity (Wildman–Crippen MR) is 68.9 cm³/mol. The van der Waals surface area contributed by atoms with Gasteiger partial charge in [0.15, 0.2) is 5.69 Å². The molecule has 0 aromatic carbocycles. The molecule has 1 saturated carbocycles. The number of hydrogen-bond acceptors (Lipinski definition) is 4. The standard InChI is InChI=1S/C12H16N6O/c1-3-18-7(2)9(6-13-18)14-12(19)11-10(8-4-5-8)15-17-16-11/h6,8H,3-5H2,1-2H3,(H,14,19)(H,15,16,17). The average Bonchev–Trinajstić information content (AvgIpc) is 3.03. The highest BCUT2D eigenvalue weighted by Crippen LogP contribution is 2.40. The molecule has 0 saturated heterocycles.